The van der Waals surface area contributed by atoms with Gasteiger partial charge in [0.25, 0.3) is 5.91 Å². The van der Waals surface area contributed by atoms with Crippen LogP contribution in [-0.4, -0.2) is 71.5 Å². The molecule has 7 nitrogen and oxygen atoms in total. The normalized spacial score (nSPS) is 24.0. The number of aliphatic imine (C=N–C) groups is 1. The van der Waals surface area contributed by atoms with E-state index in [9.17, 15) is 9.59 Å². The van der Waals surface area contributed by atoms with E-state index in [4.69, 9.17) is 4.99 Å². The van der Waals surface area contributed by atoms with Gasteiger partial charge in [-0.25, -0.2) is 9.79 Å². The first-order valence-corrected chi connectivity index (χ1v) is 10.3. The zero-order valence-corrected chi connectivity index (χ0v) is 17.0. The molecule has 3 heterocycles. The summed E-state index contributed by atoms with van der Waals surface area (Å²) in [6, 6.07) is 7.70. The molecule has 3 aliphatic rings. The van der Waals surface area contributed by atoms with Crippen molar-refractivity contribution in [2.45, 2.75) is 51.7 Å². The molecule has 0 radical (unpaired) electrons. The fourth-order valence-electron chi connectivity index (χ4n) is 4.31. The quantitative estimate of drug-likeness (QED) is 0.709. The minimum absolute atomic E-state index is 0.103. The number of carbonyl (C=O) groups excluding carboxylic acids is 2. The van der Waals surface area contributed by atoms with E-state index < -0.39 is 12.2 Å². The highest BCUT2D eigenvalue weighted by Gasteiger charge is 2.54. The van der Waals surface area contributed by atoms with Crippen LogP contribution in [0.1, 0.15) is 38.2 Å². The van der Waals surface area contributed by atoms with Gasteiger partial charge in [0.15, 0.2) is 12.2 Å². The summed E-state index contributed by atoms with van der Waals surface area (Å²) >= 11 is 0. The van der Waals surface area contributed by atoms with Gasteiger partial charge >= 0.3 is 6.03 Å². The Morgan fingerprint density at radius 1 is 1.07 bits per heavy atom. The molecule has 0 bridgehead atoms. The first-order valence-electron chi connectivity index (χ1n) is 10.3. The predicted octanol–water partition coefficient (Wildman–Crippen LogP) is 2.66. The number of unbranched alkanes of at least 4 members (excludes halogenated alkanes) is 3. The molecule has 0 N–H and O–H groups in total. The van der Waals surface area contributed by atoms with Crippen molar-refractivity contribution in [1.29, 1.82) is 0 Å². The van der Waals surface area contributed by atoms with Crippen LogP contribution in [0, 0.1) is 6.92 Å². The molecule has 7 heteroatoms. The van der Waals surface area contributed by atoms with E-state index in [2.05, 4.69) is 47.9 Å². The van der Waals surface area contributed by atoms with Crippen LogP contribution in [0.25, 0.3) is 0 Å². The summed E-state index contributed by atoms with van der Waals surface area (Å²) in [6.45, 7) is 6.25. The highest BCUT2D eigenvalue weighted by Crippen LogP contribution is 2.33. The van der Waals surface area contributed by atoms with Gasteiger partial charge < -0.3 is 14.7 Å². The van der Waals surface area contributed by atoms with Crippen LogP contribution in [0.5, 0.6) is 0 Å². The fourth-order valence-corrected chi connectivity index (χ4v) is 4.31. The van der Waals surface area contributed by atoms with Gasteiger partial charge in [-0.15, -0.1) is 0 Å². The number of rotatable bonds is 6. The standard InChI is InChI=1S/C21H29N5O2/c1-4-5-6-7-12-26-19(27)17-18(23(3)21(26)28)22-20-24(13-14-25(17)20)16-10-8-15(2)9-11-16/h8-11,17-18H,4-7,12-14H2,1-3H3. The summed E-state index contributed by atoms with van der Waals surface area (Å²) in [5.41, 5.74) is 2.28. The molecule has 0 spiro atoms. The third-order valence-corrected chi connectivity index (χ3v) is 5.96. The summed E-state index contributed by atoms with van der Waals surface area (Å²) in [6.07, 6.45) is 3.72. The van der Waals surface area contributed by atoms with Crippen molar-refractivity contribution in [2.75, 3.05) is 31.6 Å². The Kier molecular flexibility index (Phi) is 5.00. The van der Waals surface area contributed by atoms with Gasteiger partial charge in [-0.05, 0) is 25.5 Å². The number of guanidine groups is 1. The number of urea groups is 1. The van der Waals surface area contributed by atoms with Gasteiger partial charge in [-0.2, -0.15) is 0 Å². The van der Waals surface area contributed by atoms with Crippen molar-refractivity contribution >= 4 is 23.6 Å². The van der Waals surface area contributed by atoms with Crippen molar-refractivity contribution in [3.8, 4) is 0 Å². The van der Waals surface area contributed by atoms with E-state index in [1.165, 1.54) is 10.5 Å². The maximum absolute atomic E-state index is 13.2. The zero-order valence-electron chi connectivity index (χ0n) is 17.0. The van der Waals surface area contributed by atoms with Gasteiger partial charge in [-0.1, -0.05) is 43.9 Å². The summed E-state index contributed by atoms with van der Waals surface area (Å²) in [4.78, 5) is 38.1. The van der Waals surface area contributed by atoms with Gasteiger partial charge in [0.1, 0.15) is 0 Å². The van der Waals surface area contributed by atoms with Crippen molar-refractivity contribution in [2.24, 2.45) is 4.99 Å². The number of likely N-dealkylation sites (N-methyl/N-ethyl adjacent to an activating group) is 1. The molecule has 0 saturated carbocycles. The lowest BCUT2D eigenvalue weighted by Crippen LogP contribution is -2.64. The third kappa shape index (κ3) is 3.02. The summed E-state index contributed by atoms with van der Waals surface area (Å²) in [7, 11) is 1.76. The Morgan fingerprint density at radius 2 is 1.82 bits per heavy atom. The average Bonchev–Trinajstić information content (AvgIpc) is 3.26. The third-order valence-electron chi connectivity index (χ3n) is 5.96. The van der Waals surface area contributed by atoms with Crippen LogP contribution in [0.3, 0.4) is 0 Å². The number of nitrogens with zero attached hydrogens (tertiary/aromatic N) is 5. The molecule has 4 rings (SSSR count). The first-order chi connectivity index (χ1) is 13.5. The van der Waals surface area contributed by atoms with Crippen molar-refractivity contribution in [3.63, 3.8) is 0 Å². The fraction of sp³-hybridized carbons (Fsp3) is 0.571. The smallest absolute Gasteiger partial charge is 0.325 e. The highest BCUT2D eigenvalue weighted by molar-refractivity contribution is 6.07. The Bertz CT molecular complexity index is 790. The summed E-state index contributed by atoms with van der Waals surface area (Å²) in [5, 5.41) is 0. The van der Waals surface area contributed by atoms with Crippen LogP contribution >= 0.6 is 0 Å². The number of hydrogen-bond acceptors (Lipinski definition) is 5. The van der Waals surface area contributed by atoms with Crippen LogP contribution in [-0.2, 0) is 4.79 Å². The Balaban J connectivity index is 1.54. The zero-order chi connectivity index (χ0) is 19.8. The molecule has 3 aliphatic heterocycles. The average molecular weight is 383 g/mol. The van der Waals surface area contributed by atoms with Gasteiger partial charge in [0.2, 0.25) is 5.96 Å². The van der Waals surface area contributed by atoms with E-state index in [1.807, 2.05) is 0 Å². The van der Waals surface area contributed by atoms with Crippen LogP contribution in [0.2, 0.25) is 0 Å². The molecule has 2 fully saturated rings. The molecule has 150 valence electrons. The molecular weight excluding hydrogens is 354 g/mol. The molecule has 28 heavy (non-hydrogen) atoms. The maximum Gasteiger partial charge on any atom is 0.328 e. The van der Waals surface area contributed by atoms with Crippen molar-refractivity contribution < 1.29 is 9.59 Å². The monoisotopic (exact) mass is 383 g/mol. The summed E-state index contributed by atoms with van der Waals surface area (Å²) in [5.74, 6) is 0.703. The van der Waals surface area contributed by atoms with Gasteiger partial charge in [-0.3, -0.25) is 9.69 Å². The van der Waals surface area contributed by atoms with Crippen LogP contribution in [0.15, 0.2) is 29.3 Å². The predicted molar refractivity (Wildman–Crippen MR) is 109 cm³/mol. The van der Waals surface area contributed by atoms with E-state index in [0.717, 1.165) is 50.4 Å². The van der Waals surface area contributed by atoms with Gasteiger partial charge in [0, 0.05) is 32.4 Å². The first kappa shape index (κ1) is 18.8. The number of carbonyl (C=O) groups is 2. The molecule has 3 amide bonds. The maximum atomic E-state index is 13.2. The van der Waals surface area contributed by atoms with Gasteiger partial charge in [0.05, 0.1) is 0 Å². The number of imide groups is 1. The molecule has 2 saturated heterocycles. The Hall–Kier alpha value is -2.57. The molecule has 0 aromatic heterocycles. The largest absolute Gasteiger partial charge is 0.328 e. The number of fused-ring (bicyclic) bond motifs is 3. The lowest BCUT2D eigenvalue weighted by Gasteiger charge is -2.40. The topological polar surface area (TPSA) is 59.5 Å². The lowest BCUT2D eigenvalue weighted by molar-refractivity contribution is -0.137. The van der Waals surface area contributed by atoms with E-state index in [-0.39, 0.29) is 11.9 Å². The van der Waals surface area contributed by atoms with Crippen molar-refractivity contribution in [3.05, 3.63) is 29.8 Å². The Labute approximate surface area is 166 Å². The molecule has 0 aliphatic carbocycles. The van der Waals surface area contributed by atoms with Crippen LogP contribution in [0.4, 0.5) is 10.5 Å². The highest BCUT2D eigenvalue weighted by atomic mass is 16.2. The number of aryl methyl sites for hydroxylation is 1. The molecule has 1 aromatic carbocycles. The minimum atomic E-state index is -0.435. The number of anilines is 1. The number of benzene rings is 1. The molecule has 2 atom stereocenters. The minimum Gasteiger partial charge on any atom is -0.325 e. The second-order valence-electron chi connectivity index (χ2n) is 7.91. The molecule has 2 unspecified atom stereocenters. The SMILES string of the molecule is CCCCCCN1C(=O)C2C(N=C3N(c4ccc(C)cc4)CCN32)N(C)C1=O. The second kappa shape index (κ2) is 7.45. The lowest BCUT2D eigenvalue weighted by atomic mass is 10.1. The van der Waals surface area contributed by atoms with Crippen molar-refractivity contribution in [1.82, 2.24) is 14.7 Å². The molecular formula is C21H29N5O2. The Morgan fingerprint density at radius 3 is 2.54 bits per heavy atom. The van der Waals surface area contributed by atoms with E-state index in [0.29, 0.717) is 6.54 Å². The second-order valence-corrected chi connectivity index (χ2v) is 7.91. The van der Waals surface area contributed by atoms with Crippen LogP contribution < -0.4 is 4.90 Å². The molecule has 1 aromatic rings. The van der Waals surface area contributed by atoms with E-state index in [1.54, 1.807) is 11.9 Å². The van der Waals surface area contributed by atoms with E-state index >= 15 is 0 Å². The number of amides is 3. The summed E-state index contributed by atoms with van der Waals surface area (Å²) < 4.78 is 0. The number of hydrogen-bond donors (Lipinski definition) is 0.